The topological polar surface area (TPSA) is 152 Å². The number of allylic oxidation sites excluding steroid dienone is 1. The monoisotopic (exact) mass is 579 g/mol. The van der Waals surface area contributed by atoms with E-state index >= 15 is 0 Å². The Morgan fingerprint density at radius 3 is 2.68 bits per heavy atom. The SMILES string of the molecule is CCN1C(=O)[C@H](NC(=O)C2CC2)CCc2c1ccc(Nc1ncc(Cl)c(N[C@H]3[C@@H](C(N)=O)[C@@H]4C=C[C@H]3C4)n1)c2OC. The molecule has 3 aliphatic carbocycles. The first kappa shape index (κ1) is 27.3. The van der Waals surface area contributed by atoms with Crippen LogP contribution in [0.15, 0.2) is 30.5 Å². The number of nitrogens with one attached hydrogen (secondary N) is 3. The Labute approximate surface area is 243 Å². The van der Waals surface area contributed by atoms with Crippen LogP contribution >= 0.6 is 11.6 Å². The number of aromatic nitrogens is 2. The number of hydrogen-bond donors (Lipinski definition) is 4. The van der Waals surface area contributed by atoms with Crippen LogP contribution in [0.2, 0.25) is 5.02 Å². The average Bonchev–Trinajstić information content (AvgIpc) is 3.64. The predicted octanol–water partition coefficient (Wildman–Crippen LogP) is 3.16. The zero-order valence-electron chi connectivity index (χ0n) is 23.0. The van der Waals surface area contributed by atoms with Crippen LogP contribution in [-0.2, 0) is 20.8 Å². The first-order valence-corrected chi connectivity index (χ1v) is 14.5. The van der Waals surface area contributed by atoms with Crippen LogP contribution in [0.1, 0.15) is 38.2 Å². The second-order valence-corrected chi connectivity index (χ2v) is 11.6. The highest BCUT2D eigenvalue weighted by atomic mass is 35.5. The zero-order chi connectivity index (χ0) is 28.8. The van der Waals surface area contributed by atoms with Gasteiger partial charge in [-0.3, -0.25) is 14.4 Å². The van der Waals surface area contributed by atoms with Crippen molar-refractivity contribution in [1.29, 1.82) is 0 Å². The molecule has 3 amide bonds. The molecule has 1 aliphatic heterocycles. The fraction of sp³-hybridized carbons (Fsp3) is 0.483. The Bertz CT molecular complexity index is 1430. The van der Waals surface area contributed by atoms with Crippen LogP contribution in [0.4, 0.5) is 23.1 Å². The number of carbonyl (C=O) groups excluding carboxylic acids is 3. The summed E-state index contributed by atoms with van der Waals surface area (Å²) in [5.41, 5.74) is 7.97. The van der Waals surface area contributed by atoms with E-state index in [4.69, 9.17) is 22.1 Å². The smallest absolute Gasteiger partial charge is 0.249 e. The average molecular weight is 580 g/mol. The molecule has 2 bridgehead atoms. The van der Waals surface area contributed by atoms with Gasteiger partial charge in [0.25, 0.3) is 0 Å². The normalized spacial score (nSPS) is 26.4. The molecular weight excluding hydrogens is 546 g/mol. The van der Waals surface area contributed by atoms with Gasteiger partial charge in [-0.2, -0.15) is 4.98 Å². The molecule has 2 fully saturated rings. The number of ether oxygens (including phenoxy) is 1. The van der Waals surface area contributed by atoms with Gasteiger partial charge >= 0.3 is 0 Å². The van der Waals surface area contributed by atoms with Gasteiger partial charge in [-0.05, 0) is 63.0 Å². The second-order valence-electron chi connectivity index (χ2n) is 11.2. The van der Waals surface area contributed by atoms with Crippen molar-refractivity contribution in [3.63, 3.8) is 0 Å². The summed E-state index contributed by atoms with van der Waals surface area (Å²) in [5.74, 6) is 0.739. The molecule has 2 heterocycles. The lowest BCUT2D eigenvalue weighted by molar-refractivity contribution is -0.128. The molecule has 4 aliphatic rings. The molecular formula is C29H34ClN7O4. The van der Waals surface area contributed by atoms with Gasteiger partial charge in [0.2, 0.25) is 23.7 Å². The number of primary amides is 1. The van der Waals surface area contributed by atoms with Crippen LogP contribution in [0.5, 0.6) is 5.75 Å². The Morgan fingerprint density at radius 2 is 1.98 bits per heavy atom. The number of rotatable bonds is 9. The molecule has 11 nitrogen and oxygen atoms in total. The quantitative estimate of drug-likeness (QED) is 0.331. The minimum absolute atomic E-state index is 0.0227. The van der Waals surface area contributed by atoms with E-state index in [2.05, 4.69) is 38.1 Å². The maximum atomic E-state index is 13.4. The molecule has 12 heteroatoms. The van der Waals surface area contributed by atoms with E-state index in [0.29, 0.717) is 41.7 Å². The lowest BCUT2D eigenvalue weighted by atomic mass is 9.88. The lowest BCUT2D eigenvalue weighted by Crippen LogP contribution is -2.48. The minimum Gasteiger partial charge on any atom is -0.494 e. The Balaban J connectivity index is 1.25. The van der Waals surface area contributed by atoms with Crippen molar-refractivity contribution in [1.82, 2.24) is 15.3 Å². The number of carbonyl (C=O) groups is 3. The van der Waals surface area contributed by atoms with Gasteiger partial charge in [0.1, 0.15) is 16.8 Å². The van der Waals surface area contributed by atoms with Crippen molar-refractivity contribution in [2.45, 2.75) is 51.1 Å². The number of fused-ring (bicyclic) bond motifs is 3. The molecule has 2 saturated carbocycles. The molecule has 41 heavy (non-hydrogen) atoms. The van der Waals surface area contributed by atoms with Gasteiger partial charge in [0.15, 0.2) is 5.82 Å². The molecule has 5 atom stereocenters. The largest absolute Gasteiger partial charge is 0.494 e. The summed E-state index contributed by atoms with van der Waals surface area (Å²) < 4.78 is 5.86. The summed E-state index contributed by atoms with van der Waals surface area (Å²) in [4.78, 5) is 48.7. The molecule has 1 aromatic carbocycles. The van der Waals surface area contributed by atoms with Crippen molar-refractivity contribution in [3.05, 3.63) is 41.1 Å². The Hall–Kier alpha value is -3.86. The van der Waals surface area contributed by atoms with Gasteiger partial charge in [0.05, 0.1) is 30.6 Å². The highest BCUT2D eigenvalue weighted by molar-refractivity contribution is 6.32. The number of nitrogens with two attached hydrogens (primary N) is 1. The predicted molar refractivity (Wildman–Crippen MR) is 155 cm³/mol. The summed E-state index contributed by atoms with van der Waals surface area (Å²) in [7, 11) is 1.58. The number of amides is 3. The maximum absolute atomic E-state index is 13.4. The van der Waals surface area contributed by atoms with Crippen LogP contribution in [0.25, 0.3) is 0 Å². The van der Waals surface area contributed by atoms with Crippen LogP contribution in [-0.4, -0.2) is 53.4 Å². The number of methoxy groups -OCH3 is 1. The summed E-state index contributed by atoms with van der Waals surface area (Å²) in [6.07, 6.45) is 9.30. The lowest BCUT2D eigenvalue weighted by Gasteiger charge is -2.27. The molecule has 2 aromatic rings. The molecule has 216 valence electrons. The summed E-state index contributed by atoms with van der Waals surface area (Å²) >= 11 is 6.46. The third-order valence-corrected chi connectivity index (χ3v) is 8.92. The van der Waals surface area contributed by atoms with Crippen molar-refractivity contribution < 1.29 is 19.1 Å². The number of benzene rings is 1. The van der Waals surface area contributed by atoms with Crippen LogP contribution in [0, 0.1) is 23.7 Å². The number of anilines is 4. The van der Waals surface area contributed by atoms with Gasteiger partial charge < -0.3 is 31.3 Å². The third kappa shape index (κ3) is 5.07. The molecule has 1 aromatic heterocycles. The number of hydrogen-bond acceptors (Lipinski definition) is 8. The van der Waals surface area contributed by atoms with Crippen molar-refractivity contribution in [2.24, 2.45) is 29.4 Å². The maximum Gasteiger partial charge on any atom is 0.249 e. The van der Waals surface area contributed by atoms with Gasteiger partial charge in [-0.1, -0.05) is 23.8 Å². The third-order valence-electron chi connectivity index (χ3n) is 8.64. The van der Waals surface area contributed by atoms with E-state index in [1.807, 2.05) is 19.1 Å². The van der Waals surface area contributed by atoms with Gasteiger partial charge in [0, 0.05) is 24.1 Å². The van der Waals surface area contributed by atoms with Crippen molar-refractivity contribution in [3.8, 4) is 5.75 Å². The van der Waals surface area contributed by atoms with E-state index in [1.54, 1.807) is 12.0 Å². The van der Waals surface area contributed by atoms with Crippen molar-refractivity contribution >= 4 is 52.5 Å². The standard InChI is InChI=1S/C29H34ClN7O4/c1-3-37-21-11-10-19(24(41-2)17(21)8-9-20(28(37)40)33-27(39)14-4-5-14)34-29-32-13-18(30)26(36-29)35-23-16-7-6-15(12-16)22(23)25(31)38/h6-7,10-11,13-16,20,22-23H,3-5,8-9,12H2,1-2H3,(H2,31,38)(H,33,39)(H2,32,34,35,36)/t15-,16+,20-,22+,23-/m1/s1. The van der Waals surface area contributed by atoms with E-state index in [1.165, 1.54) is 6.20 Å². The van der Waals surface area contributed by atoms with E-state index in [0.717, 1.165) is 30.5 Å². The van der Waals surface area contributed by atoms with Gasteiger partial charge in [-0.15, -0.1) is 0 Å². The summed E-state index contributed by atoms with van der Waals surface area (Å²) in [6.45, 7) is 2.37. The Morgan fingerprint density at radius 1 is 1.20 bits per heavy atom. The van der Waals surface area contributed by atoms with Crippen LogP contribution in [0.3, 0.4) is 0 Å². The Kier molecular flexibility index (Phi) is 7.23. The van der Waals surface area contributed by atoms with Crippen molar-refractivity contribution in [2.75, 3.05) is 29.2 Å². The van der Waals surface area contributed by atoms with Gasteiger partial charge in [-0.25, -0.2) is 4.98 Å². The fourth-order valence-corrected chi connectivity index (χ4v) is 6.62. The first-order valence-electron chi connectivity index (χ1n) is 14.1. The summed E-state index contributed by atoms with van der Waals surface area (Å²) in [6, 6.07) is 2.91. The van der Waals surface area contributed by atoms with E-state index < -0.39 is 6.04 Å². The summed E-state index contributed by atoms with van der Waals surface area (Å²) in [5, 5.41) is 9.88. The van der Waals surface area contributed by atoms with E-state index in [9.17, 15) is 14.4 Å². The zero-order valence-corrected chi connectivity index (χ0v) is 23.8. The molecule has 0 unspecified atom stereocenters. The molecule has 0 saturated heterocycles. The fourth-order valence-electron chi connectivity index (χ4n) is 6.47. The highest BCUT2D eigenvalue weighted by Crippen LogP contribution is 2.45. The molecule has 0 spiro atoms. The number of nitrogens with zero attached hydrogens (tertiary/aromatic N) is 3. The molecule has 6 rings (SSSR count). The highest BCUT2D eigenvalue weighted by Gasteiger charge is 2.47. The number of halogens is 1. The molecule has 0 radical (unpaired) electrons. The number of likely N-dealkylation sites (N-methyl/N-ethyl adjacent to an activating group) is 1. The minimum atomic E-state index is -0.588. The van der Waals surface area contributed by atoms with Crippen LogP contribution < -0.4 is 31.3 Å². The molecule has 5 N–H and O–H groups in total. The second kappa shape index (κ2) is 10.8. The first-order chi connectivity index (χ1) is 19.8. The van der Waals surface area contributed by atoms with E-state index in [-0.39, 0.29) is 53.4 Å².